The molecule has 28 heavy (non-hydrogen) atoms. The van der Waals surface area contributed by atoms with Crippen molar-refractivity contribution in [2.24, 2.45) is 0 Å². The normalized spacial score (nSPS) is 15.4. The van der Waals surface area contributed by atoms with Gasteiger partial charge in [-0.25, -0.2) is 4.98 Å². The summed E-state index contributed by atoms with van der Waals surface area (Å²) in [4.78, 5) is 20.5. The Kier molecular flexibility index (Phi) is 6.49. The lowest BCUT2D eigenvalue weighted by molar-refractivity contribution is -0.137. The maximum absolute atomic E-state index is 12.8. The van der Waals surface area contributed by atoms with Crippen molar-refractivity contribution in [2.45, 2.75) is 18.3 Å². The van der Waals surface area contributed by atoms with Crippen LogP contribution in [0.1, 0.15) is 27.9 Å². The van der Waals surface area contributed by atoms with Gasteiger partial charge >= 0.3 is 6.18 Å². The zero-order valence-corrected chi connectivity index (χ0v) is 16.4. The summed E-state index contributed by atoms with van der Waals surface area (Å²) < 4.78 is 38.1. The first-order valence-electron chi connectivity index (χ1n) is 9.04. The van der Waals surface area contributed by atoms with Crippen molar-refractivity contribution < 1.29 is 18.0 Å². The molecule has 1 aromatic heterocycles. The number of nitrogens with zero attached hydrogens (tertiary/aromatic N) is 3. The van der Waals surface area contributed by atoms with Gasteiger partial charge in [-0.1, -0.05) is 12.1 Å². The van der Waals surface area contributed by atoms with Crippen LogP contribution in [0, 0.1) is 0 Å². The van der Waals surface area contributed by atoms with Crippen LogP contribution in [-0.2, 0) is 11.9 Å². The highest BCUT2D eigenvalue weighted by Gasteiger charge is 2.31. The topological polar surface area (TPSA) is 36.4 Å². The summed E-state index contributed by atoms with van der Waals surface area (Å²) in [5.41, 5.74) is 1.08. The highest BCUT2D eigenvalue weighted by atomic mass is 32.2. The van der Waals surface area contributed by atoms with E-state index in [2.05, 4.69) is 4.98 Å². The molecule has 0 aliphatic carbocycles. The second-order valence-corrected chi connectivity index (χ2v) is 7.53. The second-order valence-electron chi connectivity index (χ2n) is 6.67. The van der Waals surface area contributed by atoms with Gasteiger partial charge in [-0.15, -0.1) is 0 Å². The molecule has 0 unspecified atom stereocenters. The van der Waals surface area contributed by atoms with E-state index in [1.165, 1.54) is 11.6 Å². The summed E-state index contributed by atoms with van der Waals surface area (Å²) in [6.45, 7) is 2.31. The maximum Gasteiger partial charge on any atom is 0.417 e. The highest BCUT2D eigenvalue weighted by molar-refractivity contribution is 7.97. The molecular weight excluding hydrogens is 387 g/mol. The summed E-state index contributed by atoms with van der Waals surface area (Å²) in [5.74, 6) is 1.40. The zero-order chi connectivity index (χ0) is 20.1. The molecule has 0 spiro atoms. The fourth-order valence-corrected chi connectivity index (χ4v) is 3.71. The number of carbonyl (C=O) groups excluding carboxylic acids is 1. The molecule has 1 aliphatic rings. The van der Waals surface area contributed by atoms with Crippen LogP contribution in [0.3, 0.4) is 0 Å². The number of thioether (sulfide) groups is 1. The minimum Gasteiger partial charge on any atom is -0.355 e. The van der Waals surface area contributed by atoms with E-state index in [0.29, 0.717) is 37.6 Å². The molecule has 3 rings (SSSR count). The number of hydrogen-bond donors (Lipinski definition) is 0. The molecule has 1 saturated heterocycles. The predicted octanol–water partition coefficient (Wildman–Crippen LogP) is 4.32. The van der Waals surface area contributed by atoms with Crippen LogP contribution in [0.15, 0.2) is 42.6 Å². The standard InChI is InChI=1S/C20H22F3N3OS/c1-28-14-15-3-5-16(6-4-15)19(27)26-10-2-9-25(11-12-26)18-8-7-17(13-24-18)20(21,22)23/h3-8,13H,2,9-12,14H2,1H3. The maximum atomic E-state index is 12.8. The smallest absolute Gasteiger partial charge is 0.355 e. The van der Waals surface area contributed by atoms with Crippen molar-refractivity contribution in [3.8, 4) is 0 Å². The minimum atomic E-state index is -4.39. The molecule has 0 bridgehead atoms. The SMILES string of the molecule is CSCc1ccc(C(=O)N2CCCN(c3ccc(C(F)(F)F)cn3)CC2)cc1. The summed E-state index contributed by atoms with van der Waals surface area (Å²) in [6, 6.07) is 10.1. The lowest BCUT2D eigenvalue weighted by Gasteiger charge is -2.23. The quantitative estimate of drug-likeness (QED) is 0.754. The molecule has 1 fully saturated rings. The molecule has 1 aromatic carbocycles. The van der Waals surface area contributed by atoms with Gasteiger partial charge in [0.1, 0.15) is 5.82 Å². The molecule has 8 heteroatoms. The number of halogens is 3. The first-order chi connectivity index (χ1) is 13.4. The molecule has 2 heterocycles. The van der Waals surface area contributed by atoms with E-state index in [0.717, 1.165) is 24.4 Å². The molecule has 150 valence electrons. The van der Waals surface area contributed by atoms with Crippen LogP contribution in [0.25, 0.3) is 0 Å². The second kappa shape index (κ2) is 8.86. The molecule has 4 nitrogen and oxygen atoms in total. The van der Waals surface area contributed by atoms with Crippen molar-refractivity contribution in [2.75, 3.05) is 37.3 Å². The van der Waals surface area contributed by atoms with E-state index in [-0.39, 0.29) is 5.91 Å². The Hall–Kier alpha value is -2.22. The van der Waals surface area contributed by atoms with E-state index in [9.17, 15) is 18.0 Å². The van der Waals surface area contributed by atoms with Crippen LogP contribution >= 0.6 is 11.8 Å². The van der Waals surface area contributed by atoms with Crippen LogP contribution in [0.4, 0.5) is 19.0 Å². The van der Waals surface area contributed by atoms with Gasteiger partial charge in [0, 0.05) is 43.7 Å². The predicted molar refractivity (Wildman–Crippen MR) is 106 cm³/mol. The number of pyridine rings is 1. The van der Waals surface area contributed by atoms with Crippen LogP contribution in [-0.4, -0.2) is 48.2 Å². The average Bonchev–Trinajstić information content (AvgIpc) is 2.94. The Morgan fingerprint density at radius 3 is 2.43 bits per heavy atom. The number of rotatable bonds is 4. The average molecular weight is 409 g/mol. The number of aromatic nitrogens is 1. The number of alkyl halides is 3. The van der Waals surface area contributed by atoms with Crippen molar-refractivity contribution in [1.29, 1.82) is 0 Å². The van der Waals surface area contributed by atoms with Gasteiger partial charge in [0.2, 0.25) is 0 Å². The molecule has 1 aliphatic heterocycles. The number of anilines is 1. The van der Waals surface area contributed by atoms with Crippen LogP contribution < -0.4 is 4.90 Å². The van der Waals surface area contributed by atoms with Crippen molar-refractivity contribution >= 4 is 23.5 Å². The summed E-state index contributed by atoms with van der Waals surface area (Å²) in [7, 11) is 0. The fourth-order valence-electron chi connectivity index (χ4n) is 3.18. The molecular formula is C20H22F3N3OS. The summed E-state index contributed by atoms with van der Waals surface area (Å²) in [6.07, 6.45) is -0.759. The van der Waals surface area contributed by atoms with E-state index in [1.807, 2.05) is 35.4 Å². The minimum absolute atomic E-state index is 0.0158. The Morgan fingerprint density at radius 1 is 1.07 bits per heavy atom. The third kappa shape index (κ3) is 4.98. The van der Waals surface area contributed by atoms with Gasteiger partial charge in [0.15, 0.2) is 0 Å². The van der Waals surface area contributed by atoms with E-state index in [4.69, 9.17) is 0 Å². The van der Waals surface area contributed by atoms with Crippen molar-refractivity contribution in [3.05, 3.63) is 59.3 Å². The Bertz CT molecular complexity index is 794. The van der Waals surface area contributed by atoms with Gasteiger partial charge < -0.3 is 9.80 Å². The molecule has 1 amide bonds. The summed E-state index contributed by atoms with van der Waals surface area (Å²) >= 11 is 1.73. The lowest BCUT2D eigenvalue weighted by Crippen LogP contribution is -2.35. The molecule has 0 saturated carbocycles. The molecule has 0 radical (unpaired) electrons. The van der Waals surface area contributed by atoms with Crippen LogP contribution in [0.5, 0.6) is 0 Å². The van der Waals surface area contributed by atoms with E-state index < -0.39 is 11.7 Å². The fraction of sp³-hybridized carbons (Fsp3) is 0.400. The Balaban J connectivity index is 1.63. The van der Waals surface area contributed by atoms with E-state index in [1.54, 1.807) is 16.7 Å². The molecule has 0 atom stereocenters. The first kappa shape index (κ1) is 20.5. The highest BCUT2D eigenvalue weighted by Crippen LogP contribution is 2.29. The molecule has 0 N–H and O–H groups in total. The van der Waals surface area contributed by atoms with Crippen molar-refractivity contribution in [3.63, 3.8) is 0 Å². The number of benzene rings is 1. The third-order valence-electron chi connectivity index (χ3n) is 4.69. The van der Waals surface area contributed by atoms with Gasteiger partial charge in [0.25, 0.3) is 5.91 Å². The number of amides is 1. The Morgan fingerprint density at radius 2 is 1.82 bits per heavy atom. The van der Waals surface area contributed by atoms with Gasteiger partial charge in [-0.2, -0.15) is 24.9 Å². The monoisotopic (exact) mass is 409 g/mol. The molecule has 2 aromatic rings. The number of carbonyl (C=O) groups is 1. The summed E-state index contributed by atoms with van der Waals surface area (Å²) in [5, 5.41) is 0. The zero-order valence-electron chi connectivity index (χ0n) is 15.6. The van der Waals surface area contributed by atoms with Crippen molar-refractivity contribution in [1.82, 2.24) is 9.88 Å². The van der Waals surface area contributed by atoms with Gasteiger partial charge in [0.05, 0.1) is 5.56 Å². The number of hydrogen-bond acceptors (Lipinski definition) is 4. The third-order valence-corrected chi connectivity index (χ3v) is 5.32. The van der Waals surface area contributed by atoms with Gasteiger partial charge in [-0.3, -0.25) is 4.79 Å². The first-order valence-corrected chi connectivity index (χ1v) is 10.4. The lowest BCUT2D eigenvalue weighted by atomic mass is 10.1. The van der Waals surface area contributed by atoms with Crippen LogP contribution in [0.2, 0.25) is 0 Å². The Labute approximate surface area is 166 Å². The van der Waals surface area contributed by atoms with Gasteiger partial charge in [-0.05, 0) is 42.5 Å². The largest absolute Gasteiger partial charge is 0.417 e. The van der Waals surface area contributed by atoms with E-state index >= 15 is 0 Å².